The quantitative estimate of drug-likeness (QED) is 0.816. The summed E-state index contributed by atoms with van der Waals surface area (Å²) in [6.07, 6.45) is 0.921. The highest BCUT2D eigenvalue weighted by molar-refractivity contribution is 5.96. The summed E-state index contributed by atoms with van der Waals surface area (Å²) >= 11 is 0. The van der Waals surface area contributed by atoms with Crippen LogP contribution in [-0.4, -0.2) is 17.0 Å². The Morgan fingerprint density at radius 1 is 1.44 bits per heavy atom. The average Bonchev–Trinajstić information content (AvgIpc) is 2.96. The average molecular weight is 219 g/mol. The number of benzene rings is 1. The van der Waals surface area contributed by atoms with E-state index in [0.29, 0.717) is 11.6 Å². The molecule has 1 aromatic rings. The van der Waals surface area contributed by atoms with Crippen LogP contribution in [0.2, 0.25) is 0 Å². The van der Waals surface area contributed by atoms with E-state index < -0.39 is 5.97 Å². The van der Waals surface area contributed by atoms with Crippen LogP contribution in [0.4, 0.5) is 5.69 Å². The number of hydrogen-bond acceptors (Lipinski definition) is 2. The second kappa shape index (κ2) is 3.96. The molecule has 4 nitrogen and oxygen atoms in total. The Morgan fingerprint density at radius 3 is 2.69 bits per heavy atom. The largest absolute Gasteiger partial charge is 0.478 e. The van der Waals surface area contributed by atoms with Crippen LogP contribution in [0.15, 0.2) is 24.3 Å². The Morgan fingerprint density at radius 2 is 2.12 bits per heavy atom. The molecular formula is C12H13NO3. The summed E-state index contributed by atoms with van der Waals surface area (Å²) in [5.74, 6) is -0.470. The van der Waals surface area contributed by atoms with Gasteiger partial charge in [-0.2, -0.15) is 0 Å². The predicted octanol–water partition coefficient (Wildman–Crippen LogP) is 1.98. The van der Waals surface area contributed by atoms with Gasteiger partial charge in [-0.25, -0.2) is 4.79 Å². The van der Waals surface area contributed by atoms with Gasteiger partial charge in [0.25, 0.3) is 0 Å². The van der Waals surface area contributed by atoms with E-state index in [1.165, 1.54) is 12.1 Å². The second-order valence-corrected chi connectivity index (χ2v) is 4.19. The van der Waals surface area contributed by atoms with Gasteiger partial charge in [-0.1, -0.05) is 13.0 Å². The fourth-order valence-corrected chi connectivity index (χ4v) is 1.65. The van der Waals surface area contributed by atoms with Crippen molar-refractivity contribution in [2.45, 2.75) is 13.3 Å². The van der Waals surface area contributed by atoms with Crippen LogP contribution in [0.25, 0.3) is 0 Å². The summed E-state index contributed by atoms with van der Waals surface area (Å²) in [6, 6.07) is 6.28. The van der Waals surface area contributed by atoms with Crippen LogP contribution in [0.5, 0.6) is 0 Å². The molecule has 1 aromatic carbocycles. The van der Waals surface area contributed by atoms with Crippen molar-refractivity contribution in [2.75, 3.05) is 5.32 Å². The van der Waals surface area contributed by atoms with Crippen molar-refractivity contribution >= 4 is 17.6 Å². The molecule has 16 heavy (non-hydrogen) atoms. The van der Waals surface area contributed by atoms with Crippen molar-refractivity contribution in [2.24, 2.45) is 11.8 Å². The minimum absolute atomic E-state index is 0.0185. The summed E-state index contributed by atoms with van der Waals surface area (Å²) in [5, 5.41) is 11.5. The van der Waals surface area contributed by atoms with Crippen molar-refractivity contribution < 1.29 is 14.7 Å². The molecule has 0 bridgehead atoms. The van der Waals surface area contributed by atoms with Crippen molar-refractivity contribution in [1.82, 2.24) is 0 Å². The third-order valence-electron chi connectivity index (χ3n) is 2.82. The van der Waals surface area contributed by atoms with Gasteiger partial charge in [0.05, 0.1) is 5.56 Å². The van der Waals surface area contributed by atoms with Gasteiger partial charge in [-0.05, 0) is 30.5 Å². The summed E-state index contributed by atoms with van der Waals surface area (Å²) in [6.45, 7) is 2.03. The highest BCUT2D eigenvalue weighted by atomic mass is 16.4. The lowest BCUT2D eigenvalue weighted by Crippen LogP contribution is -2.14. The van der Waals surface area contributed by atoms with Crippen LogP contribution in [0.3, 0.4) is 0 Å². The lowest BCUT2D eigenvalue weighted by molar-refractivity contribution is -0.117. The summed E-state index contributed by atoms with van der Waals surface area (Å²) < 4.78 is 0. The molecule has 2 N–H and O–H groups in total. The maximum Gasteiger partial charge on any atom is 0.335 e. The molecule has 0 radical (unpaired) electrons. The Labute approximate surface area is 93.3 Å². The number of aromatic carboxylic acids is 1. The molecule has 2 rings (SSSR count). The minimum Gasteiger partial charge on any atom is -0.478 e. The first kappa shape index (κ1) is 10.7. The van der Waals surface area contributed by atoms with Crippen LogP contribution >= 0.6 is 0 Å². The molecular weight excluding hydrogens is 206 g/mol. The molecule has 0 unspecified atom stereocenters. The number of carbonyl (C=O) groups excluding carboxylic acids is 1. The standard InChI is InChI=1S/C12H13NO3/c1-7-5-10(7)11(14)13-9-4-2-3-8(6-9)12(15)16/h2-4,6-7,10H,5H2,1H3,(H,13,14)(H,15,16)/t7-,10+/m1/s1. The highest BCUT2D eigenvalue weighted by Crippen LogP contribution is 2.38. The number of carbonyl (C=O) groups is 2. The smallest absolute Gasteiger partial charge is 0.335 e. The third kappa shape index (κ3) is 2.21. The van der Waals surface area contributed by atoms with E-state index in [4.69, 9.17) is 5.11 Å². The Bertz CT molecular complexity index is 442. The van der Waals surface area contributed by atoms with E-state index >= 15 is 0 Å². The van der Waals surface area contributed by atoms with Gasteiger partial charge in [0, 0.05) is 11.6 Å². The number of anilines is 1. The maximum atomic E-state index is 11.6. The lowest BCUT2D eigenvalue weighted by atomic mass is 10.2. The monoisotopic (exact) mass is 219 g/mol. The molecule has 1 aliphatic rings. The molecule has 0 spiro atoms. The molecule has 1 aliphatic carbocycles. The summed E-state index contributed by atoms with van der Waals surface area (Å²) in [4.78, 5) is 22.3. The molecule has 1 fully saturated rings. The van der Waals surface area contributed by atoms with Gasteiger partial charge in [-0.15, -0.1) is 0 Å². The van der Waals surface area contributed by atoms with E-state index in [1.54, 1.807) is 12.1 Å². The van der Waals surface area contributed by atoms with Gasteiger partial charge in [0.15, 0.2) is 0 Å². The maximum absolute atomic E-state index is 11.6. The number of amides is 1. The first-order valence-electron chi connectivity index (χ1n) is 5.22. The molecule has 1 saturated carbocycles. The van der Waals surface area contributed by atoms with E-state index in [1.807, 2.05) is 6.92 Å². The zero-order chi connectivity index (χ0) is 11.7. The van der Waals surface area contributed by atoms with E-state index in [9.17, 15) is 9.59 Å². The Kier molecular flexibility index (Phi) is 2.64. The predicted molar refractivity (Wildman–Crippen MR) is 59.3 cm³/mol. The molecule has 2 atom stereocenters. The van der Waals surface area contributed by atoms with Gasteiger partial charge in [0.2, 0.25) is 5.91 Å². The van der Waals surface area contributed by atoms with Crippen molar-refractivity contribution in [3.8, 4) is 0 Å². The van der Waals surface area contributed by atoms with Crippen LogP contribution in [-0.2, 0) is 4.79 Å². The van der Waals surface area contributed by atoms with Crippen molar-refractivity contribution in [3.63, 3.8) is 0 Å². The zero-order valence-electron chi connectivity index (χ0n) is 8.93. The Balaban J connectivity index is 2.06. The number of nitrogens with one attached hydrogen (secondary N) is 1. The van der Waals surface area contributed by atoms with Crippen LogP contribution < -0.4 is 5.32 Å². The van der Waals surface area contributed by atoms with E-state index in [0.717, 1.165) is 6.42 Å². The molecule has 0 aromatic heterocycles. The number of carboxylic acid groups (broad SMARTS) is 1. The fraction of sp³-hybridized carbons (Fsp3) is 0.333. The van der Waals surface area contributed by atoms with Crippen molar-refractivity contribution in [1.29, 1.82) is 0 Å². The van der Waals surface area contributed by atoms with Gasteiger partial charge >= 0.3 is 5.97 Å². The first-order valence-corrected chi connectivity index (χ1v) is 5.22. The van der Waals surface area contributed by atoms with Crippen molar-refractivity contribution in [3.05, 3.63) is 29.8 Å². The van der Waals surface area contributed by atoms with Gasteiger partial charge in [0.1, 0.15) is 0 Å². The highest BCUT2D eigenvalue weighted by Gasteiger charge is 2.39. The lowest BCUT2D eigenvalue weighted by Gasteiger charge is -2.04. The molecule has 4 heteroatoms. The number of hydrogen-bond donors (Lipinski definition) is 2. The second-order valence-electron chi connectivity index (χ2n) is 4.19. The van der Waals surface area contributed by atoms with Gasteiger partial charge < -0.3 is 10.4 Å². The molecule has 0 heterocycles. The Hall–Kier alpha value is -1.84. The minimum atomic E-state index is -0.990. The third-order valence-corrected chi connectivity index (χ3v) is 2.82. The SMILES string of the molecule is C[C@@H]1C[C@@H]1C(=O)Nc1cccc(C(=O)O)c1. The normalized spacial score (nSPS) is 22.6. The summed E-state index contributed by atoms with van der Waals surface area (Å²) in [7, 11) is 0. The topological polar surface area (TPSA) is 66.4 Å². The molecule has 1 amide bonds. The fourth-order valence-electron chi connectivity index (χ4n) is 1.65. The number of carboxylic acids is 1. The molecule has 0 aliphatic heterocycles. The zero-order valence-corrected chi connectivity index (χ0v) is 8.93. The van der Waals surface area contributed by atoms with E-state index in [2.05, 4.69) is 5.32 Å². The van der Waals surface area contributed by atoms with Crippen LogP contribution in [0.1, 0.15) is 23.7 Å². The van der Waals surface area contributed by atoms with Gasteiger partial charge in [-0.3, -0.25) is 4.79 Å². The van der Waals surface area contributed by atoms with Crippen LogP contribution in [0, 0.1) is 11.8 Å². The number of rotatable bonds is 3. The van der Waals surface area contributed by atoms with E-state index in [-0.39, 0.29) is 17.4 Å². The first-order chi connectivity index (χ1) is 7.58. The molecule has 84 valence electrons. The molecule has 0 saturated heterocycles. The summed E-state index contributed by atoms with van der Waals surface area (Å²) in [5.41, 5.74) is 0.727.